The van der Waals surface area contributed by atoms with Crippen molar-refractivity contribution in [2.24, 2.45) is 0 Å². The first-order chi connectivity index (χ1) is 17.9. The monoisotopic (exact) mass is 519 g/mol. The highest BCUT2D eigenvalue weighted by Gasteiger charge is 2.19. The van der Waals surface area contributed by atoms with Gasteiger partial charge >= 0.3 is 0 Å². The van der Waals surface area contributed by atoms with Gasteiger partial charge in [-0.2, -0.15) is 0 Å². The summed E-state index contributed by atoms with van der Waals surface area (Å²) in [5.74, 6) is 0.208. The first-order valence-corrected chi connectivity index (χ1v) is 12.5. The summed E-state index contributed by atoms with van der Waals surface area (Å²) in [5, 5.41) is 14.6. The molecule has 2 N–H and O–H groups in total. The van der Waals surface area contributed by atoms with Gasteiger partial charge in [-0.1, -0.05) is 30.0 Å². The van der Waals surface area contributed by atoms with Gasteiger partial charge in [-0.3, -0.25) is 14.2 Å². The van der Waals surface area contributed by atoms with E-state index < -0.39 is 0 Å². The maximum absolute atomic E-state index is 13.1. The number of nitrogens with one attached hydrogen (secondary N) is 2. The van der Waals surface area contributed by atoms with Gasteiger partial charge in [0.1, 0.15) is 11.6 Å². The summed E-state index contributed by atoms with van der Waals surface area (Å²) < 4.78 is 20.4. The zero-order chi connectivity index (χ0) is 26.4. The molecular formula is C27H26FN5O3S. The minimum atomic E-state index is -0.380. The molecule has 2 amide bonds. The molecular weight excluding hydrogens is 493 g/mol. The van der Waals surface area contributed by atoms with Gasteiger partial charge in [-0.25, -0.2) is 4.39 Å². The lowest BCUT2D eigenvalue weighted by atomic mass is 10.1. The third-order valence-electron chi connectivity index (χ3n) is 5.66. The van der Waals surface area contributed by atoms with E-state index in [-0.39, 0.29) is 29.9 Å². The zero-order valence-electron chi connectivity index (χ0n) is 20.6. The van der Waals surface area contributed by atoms with Gasteiger partial charge in [0, 0.05) is 11.3 Å². The summed E-state index contributed by atoms with van der Waals surface area (Å²) in [5.41, 5.74) is 3.86. The number of carbonyl (C=O) groups excluding carboxylic acids is 2. The summed E-state index contributed by atoms with van der Waals surface area (Å²) in [4.78, 5) is 25.3. The van der Waals surface area contributed by atoms with Crippen LogP contribution in [0, 0.1) is 19.7 Å². The topological polar surface area (TPSA) is 98.1 Å². The fraction of sp³-hybridized carbons (Fsp3) is 0.185. The molecule has 0 bridgehead atoms. The summed E-state index contributed by atoms with van der Waals surface area (Å²) >= 11 is 1.18. The van der Waals surface area contributed by atoms with Crippen LogP contribution in [-0.4, -0.2) is 39.4 Å². The molecule has 0 aliphatic heterocycles. The molecule has 0 radical (unpaired) electrons. The Labute approximate surface area is 218 Å². The largest absolute Gasteiger partial charge is 0.495 e. The van der Waals surface area contributed by atoms with E-state index in [2.05, 4.69) is 20.8 Å². The highest BCUT2D eigenvalue weighted by atomic mass is 32.2. The molecule has 0 aliphatic carbocycles. The number of ether oxygens (including phenoxy) is 1. The van der Waals surface area contributed by atoms with Crippen molar-refractivity contribution in [2.45, 2.75) is 25.5 Å². The quantitative estimate of drug-likeness (QED) is 0.311. The second-order valence-electron chi connectivity index (χ2n) is 8.23. The molecule has 0 saturated carbocycles. The van der Waals surface area contributed by atoms with Crippen LogP contribution in [0.2, 0.25) is 0 Å². The summed E-state index contributed by atoms with van der Waals surface area (Å²) in [6, 6.07) is 18.4. The van der Waals surface area contributed by atoms with Crippen LogP contribution in [0.5, 0.6) is 5.75 Å². The maximum atomic E-state index is 13.1. The van der Waals surface area contributed by atoms with Crippen molar-refractivity contribution in [1.82, 2.24) is 20.1 Å². The normalized spacial score (nSPS) is 10.7. The Balaban J connectivity index is 1.54. The van der Waals surface area contributed by atoms with Crippen molar-refractivity contribution in [3.63, 3.8) is 0 Å². The number of rotatable bonds is 9. The molecule has 0 unspecified atom stereocenters. The van der Waals surface area contributed by atoms with Crippen molar-refractivity contribution >= 4 is 29.3 Å². The molecule has 0 saturated heterocycles. The van der Waals surface area contributed by atoms with Gasteiger partial charge in [0.2, 0.25) is 5.91 Å². The number of thioether (sulfide) groups is 1. The summed E-state index contributed by atoms with van der Waals surface area (Å²) in [6.45, 7) is 4.06. The number of halogens is 1. The highest BCUT2D eigenvalue weighted by Crippen LogP contribution is 2.29. The highest BCUT2D eigenvalue weighted by molar-refractivity contribution is 7.99. The zero-order valence-corrected chi connectivity index (χ0v) is 21.4. The Morgan fingerprint density at radius 3 is 2.49 bits per heavy atom. The predicted molar refractivity (Wildman–Crippen MR) is 141 cm³/mol. The molecule has 3 aromatic carbocycles. The second-order valence-corrected chi connectivity index (χ2v) is 9.17. The van der Waals surface area contributed by atoms with Crippen molar-refractivity contribution < 1.29 is 18.7 Å². The molecule has 0 fully saturated rings. The number of amides is 2. The van der Waals surface area contributed by atoms with Crippen molar-refractivity contribution in [1.29, 1.82) is 0 Å². The van der Waals surface area contributed by atoms with Crippen LogP contribution in [0.15, 0.2) is 71.9 Å². The lowest BCUT2D eigenvalue weighted by Gasteiger charge is -2.14. The standard InChI is InChI=1S/C27H26FN5O3S/c1-17-8-9-19(14-18(17)2)26(35)29-15-24-31-32-27(33(24)22-6-4-5-7-23(22)36-3)37-16-25(34)30-21-12-10-20(28)11-13-21/h4-14H,15-16H2,1-3H3,(H,29,35)(H,30,34). The lowest BCUT2D eigenvalue weighted by molar-refractivity contribution is -0.113. The molecule has 4 rings (SSSR count). The van der Waals surface area contributed by atoms with E-state index in [4.69, 9.17) is 4.74 Å². The minimum absolute atomic E-state index is 0.0413. The van der Waals surface area contributed by atoms with E-state index in [1.54, 1.807) is 17.7 Å². The van der Waals surface area contributed by atoms with Gasteiger partial charge in [-0.15, -0.1) is 10.2 Å². The molecule has 37 heavy (non-hydrogen) atoms. The van der Waals surface area contributed by atoms with E-state index in [0.717, 1.165) is 11.1 Å². The van der Waals surface area contributed by atoms with Gasteiger partial charge in [0.05, 0.1) is 25.1 Å². The van der Waals surface area contributed by atoms with Crippen LogP contribution in [0.3, 0.4) is 0 Å². The fourth-order valence-corrected chi connectivity index (χ4v) is 4.33. The van der Waals surface area contributed by atoms with E-state index in [1.807, 2.05) is 50.2 Å². The number of hydrogen-bond acceptors (Lipinski definition) is 6. The van der Waals surface area contributed by atoms with Crippen LogP contribution in [-0.2, 0) is 11.3 Å². The van der Waals surface area contributed by atoms with Crippen LogP contribution in [0.4, 0.5) is 10.1 Å². The molecule has 10 heteroatoms. The lowest BCUT2D eigenvalue weighted by Crippen LogP contribution is -2.25. The third-order valence-corrected chi connectivity index (χ3v) is 6.59. The first-order valence-electron chi connectivity index (χ1n) is 11.5. The Kier molecular flexibility index (Phi) is 8.19. The number of anilines is 1. The number of methoxy groups -OCH3 is 1. The van der Waals surface area contributed by atoms with Gasteiger partial charge in [-0.05, 0) is 73.5 Å². The van der Waals surface area contributed by atoms with E-state index in [0.29, 0.717) is 33.7 Å². The number of benzene rings is 3. The molecule has 0 atom stereocenters. The average Bonchev–Trinajstić information content (AvgIpc) is 3.31. The summed E-state index contributed by atoms with van der Waals surface area (Å²) in [7, 11) is 1.56. The Hall–Kier alpha value is -4.18. The Morgan fingerprint density at radius 1 is 1.00 bits per heavy atom. The van der Waals surface area contributed by atoms with Crippen molar-refractivity contribution in [2.75, 3.05) is 18.2 Å². The number of aromatic nitrogens is 3. The van der Waals surface area contributed by atoms with Crippen LogP contribution < -0.4 is 15.4 Å². The summed E-state index contributed by atoms with van der Waals surface area (Å²) in [6.07, 6.45) is 0. The van der Waals surface area contributed by atoms with Crippen molar-refractivity contribution in [3.05, 3.63) is 95.1 Å². The third kappa shape index (κ3) is 6.34. The van der Waals surface area contributed by atoms with E-state index in [9.17, 15) is 14.0 Å². The van der Waals surface area contributed by atoms with Gasteiger partial charge < -0.3 is 15.4 Å². The number of carbonyl (C=O) groups is 2. The number of hydrogen-bond donors (Lipinski definition) is 2. The first kappa shape index (κ1) is 25.9. The van der Waals surface area contributed by atoms with Crippen LogP contribution >= 0.6 is 11.8 Å². The smallest absolute Gasteiger partial charge is 0.251 e. The number of nitrogens with zero attached hydrogens (tertiary/aromatic N) is 3. The van der Waals surface area contributed by atoms with Crippen molar-refractivity contribution in [3.8, 4) is 11.4 Å². The van der Waals surface area contributed by atoms with E-state index >= 15 is 0 Å². The Morgan fingerprint density at radius 2 is 1.76 bits per heavy atom. The van der Waals surface area contributed by atoms with Crippen LogP contribution in [0.25, 0.3) is 5.69 Å². The maximum Gasteiger partial charge on any atom is 0.251 e. The fourth-order valence-electron chi connectivity index (χ4n) is 3.57. The second kappa shape index (κ2) is 11.7. The molecule has 190 valence electrons. The molecule has 4 aromatic rings. The molecule has 1 aromatic heterocycles. The minimum Gasteiger partial charge on any atom is -0.495 e. The average molecular weight is 520 g/mol. The molecule has 0 spiro atoms. The SMILES string of the molecule is COc1ccccc1-n1c(CNC(=O)c2ccc(C)c(C)c2)nnc1SCC(=O)Nc1ccc(F)cc1. The van der Waals surface area contributed by atoms with E-state index in [1.165, 1.54) is 36.0 Å². The Bertz CT molecular complexity index is 1420. The van der Waals surface area contributed by atoms with Crippen LogP contribution in [0.1, 0.15) is 27.3 Å². The van der Waals surface area contributed by atoms with Gasteiger partial charge in [0.25, 0.3) is 5.91 Å². The molecule has 0 aliphatic rings. The number of para-hydroxylation sites is 2. The van der Waals surface area contributed by atoms with Gasteiger partial charge in [0.15, 0.2) is 11.0 Å². The molecule has 8 nitrogen and oxygen atoms in total. The predicted octanol–water partition coefficient (Wildman–Crippen LogP) is 4.69. The molecule has 1 heterocycles. The number of aryl methyl sites for hydroxylation is 2.